The van der Waals surface area contributed by atoms with Gasteiger partial charge in [-0.2, -0.15) is 0 Å². The third-order valence-corrected chi connectivity index (χ3v) is 4.85. The van der Waals surface area contributed by atoms with Gasteiger partial charge in [0, 0.05) is 30.5 Å². The summed E-state index contributed by atoms with van der Waals surface area (Å²) >= 11 is 11.9. The Balaban J connectivity index is 1.74. The average Bonchev–Trinajstić information content (AvgIpc) is 2.88. The first-order valence-electron chi connectivity index (χ1n) is 8.11. The molecule has 1 aromatic carbocycles. The van der Waals surface area contributed by atoms with Gasteiger partial charge in [-0.25, -0.2) is 4.98 Å². The third kappa shape index (κ3) is 4.19. The van der Waals surface area contributed by atoms with Gasteiger partial charge in [0.05, 0.1) is 10.0 Å². The number of hydrogen-bond acceptors (Lipinski definition) is 3. The van der Waals surface area contributed by atoms with Gasteiger partial charge in [0.25, 0.3) is 5.91 Å². The van der Waals surface area contributed by atoms with Crippen molar-refractivity contribution in [1.82, 2.24) is 4.98 Å². The van der Waals surface area contributed by atoms with Gasteiger partial charge in [-0.3, -0.25) is 4.79 Å². The highest BCUT2D eigenvalue weighted by atomic mass is 35.5. The fourth-order valence-corrected chi connectivity index (χ4v) is 3.11. The van der Waals surface area contributed by atoms with Crippen LogP contribution in [0.2, 0.25) is 10.0 Å². The van der Waals surface area contributed by atoms with E-state index >= 15 is 0 Å². The maximum atomic E-state index is 12.5. The summed E-state index contributed by atoms with van der Waals surface area (Å²) in [4.78, 5) is 19.2. The van der Waals surface area contributed by atoms with E-state index in [-0.39, 0.29) is 5.91 Å². The van der Waals surface area contributed by atoms with E-state index in [1.807, 2.05) is 6.07 Å². The molecule has 0 unspecified atom stereocenters. The predicted octanol–water partition coefficient (Wildman–Crippen LogP) is 5.02. The van der Waals surface area contributed by atoms with Gasteiger partial charge in [0.2, 0.25) is 0 Å². The molecule has 1 aliphatic heterocycles. The summed E-state index contributed by atoms with van der Waals surface area (Å²) in [5.41, 5.74) is 1.19. The molecule has 4 nitrogen and oxygen atoms in total. The number of nitrogens with zero attached hydrogens (tertiary/aromatic N) is 2. The van der Waals surface area contributed by atoms with Crippen LogP contribution in [0.15, 0.2) is 36.5 Å². The molecule has 1 saturated heterocycles. The number of nitrogens with one attached hydrogen (secondary N) is 1. The second-order valence-electron chi connectivity index (χ2n) is 5.89. The van der Waals surface area contributed by atoms with Crippen molar-refractivity contribution in [2.75, 3.05) is 23.3 Å². The van der Waals surface area contributed by atoms with Crippen LogP contribution >= 0.6 is 23.2 Å². The Labute approximate surface area is 151 Å². The molecule has 1 amide bonds. The van der Waals surface area contributed by atoms with E-state index in [1.165, 1.54) is 25.7 Å². The van der Waals surface area contributed by atoms with E-state index in [1.54, 1.807) is 30.5 Å². The minimum absolute atomic E-state index is 0.188. The van der Waals surface area contributed by atoms with E-state index in [4.69, 9.17) is 23.2 Å². The maximum absolute atomic E-state index is 12.5. The first-order chi connectivity index (χ1) is 11.6. The lowest BCUT2D eigenvalue weighted by Gasteiger charge is -2.21. The summed E-state index contributed by atoms with van der Waals surface area (Å²) in [5.74, 6) is 0.672. The molecule has 0 saturated carbocycles. The number of benzene rings is 1. The van der Waals surface area contributed by atoms with Crippen LogP contribution in [0.1, 0.15) is 36.0 Å². The van der Waals surface area contributed by atoms with Gasteiger partial charge in [0.1, 0.15) is 5.82 Å². The van der Waals surface area contributed by atoms with E-state index < -0.39 is 0 Å². The molecule has 1 aromatic heterocycles. The number of hydrogen-bond donors (Lipinski definition) is 1. The highest BCUT2D eigenvalue weighted by Crippen LogP contribution is 2.25. The quantitative estimate of drug-likeness (QED) is 0.832. The topological polar surface area (TPSA) is 45.2 Å². The van der Waals surface area contributed by atoms with Crippen molar-refractivity contribution in [3.8, 4) is 0 Å². The Morgan fingerprint density at radius 2 is 1.75 bits per heavy atom. The lowest BCUT2D eigenvalue weighted by molar-refractivity contribution is 0.102. The molecule has 0 aliphatic carbocycles. The summed E-state index contributed by atoms with van der Waals surface area (Å²) in [5, 5.41) is 3.71. The van der Waals surface area contributed by atoms with Gasteiger partial charge in [-0.1, -0.05) is 36.0 Å². The molecule has 2 aromatic rings. The molecule has 24 heavy (non-hydrogen) atoms. The normalized spacial score (nSPS) is 15.0. The van der Waals surface area contributed by atoms with Crippen LogP contribution in [-0.2, 0) is 0 Å². The molecular weight excluding hydrogens is 345 g/mol. The van der Waals surface area contributed by atoms with Gasteiger partial charge in [-0.15, -0.1) is 0 Å². The van der Waals surface area contributed by atoms with Gasteiger partial charge < -0.3 is 10.2 Å². The number of anilines is 2. The lowest BCUT2D eigenvalue weighted by atomic mass is 10.2. The average molecular weight is 364 g/mol. The molecule has 1 aliphatic rings. The van der Waals surface area contributed by atoms with Gasteiger partial charge in [-0.05, 0) is 43.2 Å². The number of rotatable bonds is 3. The first-order valence-corrected chi connectivity index (χ1v) is 8.86. The van der Waals surface area contributed by atoms with Crippen molar-refractivity contribution in [2.24, 2.45) is 0 Å². The smallest absolute Gasteiger partial charge is 0.255 e. The van der Waals surface area contributed by atoms with E-state index in [2.05, 4.69) is 15.2 Å². The van der Waals surface area contributed by atoms with Crippen LogP contribution in [0.25, 0.3) is 0 Å². The molecule has 6 heteroatoms. The molecule has 2 heterocycles. The standard InChI is InChI=1S/C18H19Cl2N3O/c19-15-6-5-14(12-16(15)20)22-18(24)13-7-8-21-17(11-13)23-9-3-1-2-4-10-23/h5-8,11-12H,1-4,9-10H2,(H,22,24). The minimum atomic E-state index is -0.188. The van der Waals surface area contributed by atoms with Crippen LogP contribution in [-0.4, -0.2) is 24.0 Å². The number of carbonyl (C=O) groups excluding carboxylic acids is 1. The maximum Gasteiger partial charge on any atom is 0.255 e. The molecule has 126 valence electrons. The molecular formula is C18H19Cl2N3O. The summed E-state index contributed by atoms with van der Waals surface area (Å²) in [6, 6.07) is 8.59. The number of halogens is 2. The molecule has 0 atom stereocenters. The third-order valence-electron chi connectivity index (χ3n) is 4.12. The summed E-state index contributed by atoms with van der Waals surface area (Å²) < 4.78 is 0. The fraction of sp³-hybridized carbons (Fsp3) is 0.333. The monoisotopic (exact) mass is 363 g/mol. The Kier molecular flexibility index (Phi) is 5.59. The van der Waals surface area contributed by atoms with Crippen molar-refractivity contribution >= 4 is 40.6 Å². The van der Waals surface area contributed by atoms with E-state index in [0.717, 1.165) is 18.9 Å². The van der Waals surface area contributed by atoms with Crippen molar-refractivity contribution < 1.29 is 4.79 Å². The van der Waals surface area contributed by atoms with Crippen LogP contribution in [0.5, 0.6) is 0 Å². The largest absolute Gasteiger partial charge is 0.357 e. The van der Waals surface area contributed by atoms with Gasteiger partial charge in [0.15, 0.2) is 0 Å². The summed E-state index contributed by atoms with van der Waals surface area (Å²) in [6.45, 7) is 1.98. The minimum Gasteiger partial charge on any atom is -0.357 e. The van der Waals surface area contributed by atoms with Crippen molar-refractivity contribution in [2.45, 2.75) is 25.7 Å². The van der Waals surface area contributed by atoms with Crippen LogP contribution in [0, 0.1) is 0 Å². The van der Waals surface area contributed by atoms with Crippen molar-refractivity contribution in [3.63, 3.8) is 0 Å². The number of aromatic nitrogens is 1. The Morgan fingerprint density at radius 3 is 2.46 bits per heavy atom. The zero-order valence-electron chi connectivity index (χ0n) is 13.3. The summed E-state index contributed by atoms with van der Waals surface area (Å²) in [6.07, 6.45) is 6.54. The molecule has 0 spiro atoms. The second-order valence-corrected chi connectivity index (χ2v) is 6.70. The Morgan fingerprint density at radius 1 is 1.00 bits per heavy atom. The Bertz CT molecular complexity index is 728. The molecule has 1 fully saturated rings. The highest BCUT2D eigenvalue weighted by Gasteiger charge is 2.14. The van der Waals surface area contributed by atoms with Crippen LogP contribution < -0.4 is 10.2 Å². The van der Waals surface area contributed by atoms with Crippen LogP contribution in [0.3, 0.4) is 0 Å². The molecule has 0 radical (unpaired) electrons. The zero-order chi connectivity index (χ0) is 16.9. The highest BCUT2D eigenvalue weighted by molar-refractivity contribution is 6.42. The molecule has 3 rings (SSSR count). The lowest BCUT2D eigenvalue weighted by Crippen LogP contribution is -2.25. The number of carbonyl (C=O) groups is 1. The fourth-order valence-electron chi connectivity index (χ4n) is 2.81. The van der Waals surface area contributed by atoms with E-state index in [0.29, 0.717) is 21.3 Å². The van der Waals surface area contributed by atoms with E-state index in [9.17, 15) is 4.79 Å². The number of pyridine rings is 1. The Hall–Kier alpha value is -1.78. The van der Waals surface area contributed by atoms with Crippen molar-refractivity contribution in [3.05, 3.63) is 52.1 Å². The van der Waals surface area contributed by atoms with Gasteiger partial charge >= 0.3 is 0 Å². The first kappa shape index (κ1) is 17.1. The number of amides is 1. The zero-order valence-corrected chi connectivity index (χ0v) is 14.8. The second kappa shape index (κ2) is 7.86. The SMILES string of the molecule is O=C(Nc1ccc(Cl)c(Cl)c1)c1ccnc(N2CCCCCC2)c1. The predicted molar refractivity (Wildman–Crippen MR) is 99.3 cm³/mol. The summed E-state index contributed by atoms with van der Waals surface area (Å²) in [7, 11) is 0. The van der Waals surface area contributed by atoms with Crippen molar-refractivity contribution in [1.29, 1.82) is 0 Å². The molecule has 0 bridgehead atoms. The molecule has 1 N–H and O–H groups in total. The van der Waals surface area contributed by atoms with Crippen LogP contribution in [0.4, 0.5) is 11.5 Å².